The van der Waals surface area contributed by atoms with E-state index in [1.807, 2.05) is 0 Å². The lowest BCUT2D eigenvalue weighted by atomic mass is 9.93. The van der Waals surface area contributed by atoms with E-state index in [9.17, 15) is 17.2 Å². The third-order valence-electron chi connectivity index (χ3n) is 4.59. The largest absolute Gasteiger partial charge is 0.378 e. The quantitative estimate of drug-likeness (QED) is 0.452. The van der Waals surface area contributed by atoms with Crippen LogP contribution < -0.4 is 0 Å². The summed E-state index contributed by atoms with van der Waals surface area (Å²) in [6, 6.07) is 2.34. The lowest BCUT2D eigenvalue weighted by Gasteiger charge is -2.34. The Morgan fingerprint density at radius 3 is 2.48 bits per heavy atom. The minimum atomic E-state index is -3.98. The first-order valence-corrected chi connectivity index (χ1v) is 11.0. The highest BCUT2D eigenvalue weighted by molar-refractivity contribution is 9.09. The minimum absolute atomic E-state index is 0.158. The van der Waals surface area contributed by atoms with Crippen molar-refractivity contribution in [3.05, 3.63) is 29.8 Å². The third-order valence-corrected chi connectivity index (χ3v) is 7.09. The Kier molecular flexibility index (Phi) is 7.79. The molecule has 0 radical (unpaired) electrons. The zero-order valence-electron chi connectivity index (χ0n) is 14.3. The minimum Gasteiger partial charge on any atom is -0.378 e. The molecule has 0 aromatic heterocycles. The molecule has 0 heterocycles. The molecule has 1 aromatic rings. The SMILES string of the molecule is CN(C1CCC(OCCCCBr)CC1)S(=O)(=O)c1ccc(F)cc1F. The van der Waals surface area contributed by atoms with Crippen molar-refractivity contribution in [1.29, 1.82) is 0 Å². The Balaban J connectivity index is 1.94. The molecule has 1 aliphatic carbocycles. The summed E-state index contributed by atoms with van der Waals surface area (Å²) in [5, 5.41) is 0.964. The summed E-state index contributed by atoms with van der Waals surface area (Å²) in [7, 11) is -2.52. The number of benzene rings is 1. The molecule has 0 spiro atoms. The topological polar surface area (TPSA) is 46.6 Å². The average Bonchev–Trinajstić information content (AvgIpc) is 2.58. The number of unbranched alkanes of at least 4 members (excludes halogenated alkanes) is 1. The molecule has 1 saturated carbocycles. The van der Waals surface area contributed by atoms with Gasteiger partial charge in [0.15, 0.2) is 0 Å². The highest BCUT2D eigenvalue weighted by atomic mass is 79.9. The number of rotatable bonds is 8. The zero-order chi connectivity index (χ0) is 18.4. The molecule has 8 heteroatoms. The zero-order valence-corrected chi connectivity index (χ0v) is 16.7. The number of hydrogen-bond acceptors (Lipinski definition) is 3. The predicted octanol–water partition coefficient (Wildman–Crippen LogP) is 4.09. The van der Waals surface area contributed by atoms with E-state index in [4.69, 9.17) is 4.74 Å². The van der Waals surface area contributed by atoms with Crippen molar-refractivity contribution in [1.82, 2.24) is 4.31 Å². The van der Waals surface area contributed by atoms with Crippen LogP contribution in [0.2, 0.25) is 0 Å². The molecule has 4 nitrogen and oxygen atoms in total. The highest BCUT2D eigenvalue weighted by Gasteiger charge is 2.33. The van der Waals surface area contributed by atoms with Crippen LogP contribution >= 0.6 is 15.9 Å². The first-order valence-electron chi connectivity index (χ1n) is 8.47. The van der Waals surface area contributed by atoms with Crippen LogP contribution in [0.4, 0.5) is 8.78 Å². The summed E-state index contributed by atoms with van der Waals surface area (Å²) < 4.78 is 59.2. The van der Waals surface area contributed by atoms with Gasteiger partial charge in [0.05, 0.1) is 6.10 Å². The maximum Gasteiger partial charge on any atom is 0.245 e. The summed E-state index contributed by atoms with van der Waals surface area (Å²) in [6.45, 7) is 0.718. The third kappa shape index (κ3) is 5.45. The maximum absolute atomic E-state index is 13.9. The van der Waals surface area contributed by atoms with Crippen LogP contribution in [-0.4, -0.2) is 43.9 Å². The predicted molar refractivity (Wildman–Crippen MR) is 96.3 cm³/mol. The fraction of sp³-hybridized carbons (Fsp3) is 0.647. The van der Waals surface area contributed by atoms with Gasteiger partial charge in [-0.05, 0) is 50.7 Å². The van der Waals surface area contributed by atoms with Crippen LogP contribution in [0, 0.1) is 11.6 Å². The first kappa shape index (κ1) is 20.7. The van der Waals surface area contributed by atoms with Crippen LogP contribution in [0.3, 0.4) is 0 Å². The van der Waals surface area contributed by atoms with Gasteiger partial charge in [-0.2, -0.15) is 4.31 Å². The van der Waals surface area contributed by atoms with Crippen molar-refractivity contribution in [2.75, 3.05) is 19.0 Å². The Morgan fingerprint density at radius 1 is 1.20 bits per heavy atom. The fourth-order valence-electron chi connectivity index (χ4n) is 3.06. The van der Waals surface area contributed by atoms with Crippen LogP contribution in [-0.2, 0) is 14.8 Å². The van der Waals surface area contributed by atoms with Gasteiger partial charge in [0, 0.05) is 31.1 Å². The molecule has 25 heavy (non-hydrogen) atoms. The average molecular weight is 440 g/mol. The molecule has 1 fully saturated rings. The van der Waals surface area contributed by atoms with Crippen molar-refractivity contribution in [2.24, 2.45) is 0 Å². The molecule has 0 amide bonds. The van der Waals surface area contributed by atoms with Crippen LogP contribution in [0.1, 0.15) is 38.5 Å². The number of nitrogens with zero attached hydrogens (tertiary/aromatic N) is 1. The Bertz CT molecular complexity index is 664. The van der Waals surface area contributed by atoms with E-state index >= 15 is 0 Å². The monoisotopic (exact) mass is 439 g/mol. The van der Waals surface area contributed by atoms with Crippen molar-refractivity contribution in [3.8, 4) is 0 Å². The second kappa shape index (κ2) is 9.39. The van der Waals surface area contributed by atoms with Gasteiger partial charge < -0.3 is 4.74 Å². The second-order valence-electron chi connectivity index (χ2n) is 6.29. The summed E-state index contributed by atoms with van der Waals surface area (Å²) >= 11 is 3.38. The molecule has 2 rings (SSSR count). The van der Waals surface area contributed by atoms with Gasteiger partial charge in [0.2, 0.25) is 10.0 Å². The summed E-state index contributed by atoms with van der Waals surface area (Å²) in [5.41, 5.74) is 0. The lowest BCUT2D eigenvalue weighted by molar-refractivity contribution is 0.0163. The van der Waals surface area contributed by atoms with E-state index in [1.54, 1.807) is 0 Å². The molecule has 1 aromatic carbocycles. The smallest absolute Gasteiger partial charge is 0.245 e. The molecule has 0 saturated heterocycles. The maximum atomic E-state index is 13.9. The number of hydrogen-bond donors (Lipinski definition) is 0. The normalized spacial score (nSPS) is 21.6. The second-order valence-corrected chi connectivity index (χ2v) is 9.05. The summed E-state index contributed by atoms with van der Waals surface area (Å²) in [6.07, 6.45) is 5.13. The summed E-state index contributed by atoms with van der Waals surface area (Å²) in [5.74, 6) is -1.85. The molecule has 0 bridgehead atoms. The van der Waals surface area contributed by atoms with E-state index in [0.717, 1.165) is 49.8 Å². The highest BCUT2D eigenvalue weighted by Crippen LogP contribution is 2.29. The van der Waals surface area contributed by atoms with Crippen molar-refractivity contribution in [2.45, 2.75) is 55.6 Å². The van der Waals surface area contributed by atoms with E-state index < -0.39 is 26.6 Å². The van der Waals surface area contributed by atoms with Crippen molar-refractivity contribution in [3.63, 3.8) is 0 Å². The van der Waals surface area contributed by atoms with E-state index in [0.29, 0.717) is 18.9 Å². The van der Waals surface area contributed by atoms with Crippen LogP contribution in [0.15, 0.2) is 23.1 Å². The van der Waals surface area contributed by atoms with Crippen molar-refractivity contribution < 1.29 is 21.9 Å². The van der Waals surface area contributed by atoms with Crippen molar-refractivity contribution >= 4 is 26.0 Å². The molecule has 142 valence electrons. The fourth-order valence-corrected chi connectivity index (χ4v) is 4.91. The molecule has 1 aliphatic rings. The lowest BCUT2D eigenvalue weighted by Crippen LogP contribution is -2.41. The number of halogens is 3. The molecule has 0 unspecified atom stereocenters. The Hall–Kier alpha value is -0.570. The molecular weight excluding hydrogens is 416 g/mol. The molecule has 0 aliphatic heterocycles. The molecule has 0 atom stereocenters. The number of ether oxygens (including phenoxy) is 1. The van der Waals surface area contributed by atoms with Gasteiger partial charge in [-0.1, -0.05) is 15.9 Å². The van der Waals surface area contributed by atoms with Crippen LogP contribution in [0.5, 0.6) is 0 Å². The van der Waals surface area contributed by atoms with Gasteiger partial charge in [0.25, 0.3) is 0 Å². The van der Waals surface area contributed by atoms with E-state index in [2.05, 4.69) is 15.9 Å². The van der Waals surface area contributed by atoms with Gasteiger partial charge in [0.1, 0.15) is 16.5 Å². The van der Waals surface area contributed by atoms with Gasteiger partial charge in [-0.15, -0.1) is 0 Å². The van der Waals surface area contributed by atoms with E-state index in [-0.39, 0.29) is 12.1 Å². The Labute approximate surface area is 156 Å². The standard InChI is InChI=1S/C17H24BrF2NO3S/c1-21(25(22,23)17-9-4-13(19)12-16(17)20)14-5-7-15(8-6-14)24-11-3-2-10-18/h4,9,12,14-15H,2-3,5-8,10-11H2,1H3. The van der Waals surface area contributed by atoms with Gasteiger partial charge >= 0.3 is 0 Å². The van der Waals surface area contributed by atoms with Gasteiger partial charge in [-0.3, -0.25) is 0 Å². The summed E-state index contributed by atoms with van der Waals surface area (Å²) in [4.78, 5) is -0.482. The number of sulfonamides is 1. The molecule has 0 N–H and O–H groups in total. The van der Waals surface area contributed by atoms with Crippen LogP contribution in [0.25, 0.3) is 0 Å². The first-order chi connectivity index (χ1) is 11.9. The van der Waals surface area contributed by atoms with Gasteiger partial charge in [-0.25, -0.2) is 17.2 Å². The molecular formula is C17H24BrF2NO3S. The van der Waals surface area contributed by atoms with E-state index in [1.165, 1.54) is 11.4 Å². The Morgan fingerprint density at radius 2 is 1.88 bits per heavy atom. The number of alkyl halides is 1.